The van der Waals surface area contributed by atoms with Crippen molar-refractivity contribution in [3.8, 4) is 0 Å². The van der Waals surface area contributed by atoms with Gasteiger partial charge < -0.3 is 5.32 Å². The van der Waals surface area contributed by atoms with Crippen LogP contribution in [-0.2, 0) is 6.54 Å². The van der Waals surface area contributed by atoms with Crippen LogP contribution in [0, 0.1) is 12.7 Å². The number of carbonyl (C=O) groups is 1. The molecule has 1 aromatic carbocycles. The van der Waals surface area contributed by atoms with Crippen molar-refractivity contribution in [2.24, 2.45) is 0 Å². The van der Waals surface area contributed by atoms with Gasteiger partial charge in [0.25, 0.3) is 5.91 Å². The number of aromatic nitrogens is 1. The summed E-state index contributed by atoms with van der Waals surface area (Å²) in [7, 11) is 0. The Kier molecular flexibility index (Phi) is 4.61. The molecule has 0 spiro atoms. The number of amides is 1. The molecule has 0 saturated heterocycles. The van der Waals surface area contributed by atoms with Crippen LogP contribution in [-0.4, -0.2) is 16.5 Å². The summed E-state index contributed by atoms with van der Waals surface area (Å²) in [6, 6.07) is 6.38. The molecule has 122 valence electrons. The number of thiazole rings is 1. The average molecular weight is 334 g/mol. The fourth-order valence-corrected chi connectivity index (χ4v) is 3.90. The lowest BCUT2D eigenvalue weighted by molar-refractivity contribution is 0.0941. The minimum absolute atomic E-state index is 0.172. The molecule has 3 rings (SSSR count). The predicted molar refractivity (Wildman–Crippen MR) is 88.5 cm³/mol. The van der Waals surface area contributed by atoms with Gasteiger partial charge in [-0.3, -0.25) is 14.2 Å². The minimum Gasteiger partial charge on any atom is -0.349 e. The molecule has 1 amide bonds. The number of nitrogens with zero attached hydrogens (tertiary/aromatic N) is 1. The molecule has 2 aromatic rings. The molecule has 0 unspecified atom stereocenters. The molecule has 4 nitrogen and oxygen atoms in total. The van der Waals surface area contributed by atoms with Gasteiger partial charge in [0.1, 0.15) is 10.7 Å². The lowest BCUT2D eigenvalue weighted by Gasteiger charge is -2.11. The zero-order valence-electron chi connectivity index (χ0n) is 13.0. The zero-order chi connectivity index (χ0) is 16.4. The molecular formula is C17H19FN2O2S. The van der Waals surface area contributed by atoms with Crippen molar-refractivity contribution in [1.82, 2.24) is 9.88 Å². The van der Waals surface area contributed by atoms with Gasteiger partial charge in [-0.25, -0.2) is 4.39 Å². The SMILES string of the molecule is Cc1c(C(=O)NC2CCCC2)sc(=O)n1Cc1cccc(F)c1. The first-order chi connectivity index (χ1) is 11.0. The summed E-state index contributed by atoms with van der Waals surface area (Å²) in [5.74, 6) is -0.503. The van der Waals surface area contributed by atoms with Crippen LogP contribution in [0.15, 0.2) is 29.1 Å². The lowest BCUT2D eigenvalue weighted by Crippen LogP contribution is -2.32. The van der Waals surface area contributed by atoms with Gasteiger partial charge in [-0.2, -0.15) is 0 Å². The van der Waals surface area contributed by atoms with Gasteiger partial charge in [-0.05, 0) is 37.5 Å². The summed E-state index contributed by atoms with van der Waals surface area (Å²) in [6.45, 7) is 2.04. The van der Waals surface area contributed by atoms with Gasteiger partial charge in [-0.15, -0.1) is 0 Å². The zero-order valence-corrected chi connectivity index (χ0v) is 13.8. The Bertz CT molecular complexity index is 775. The van der Waals surface area contributed by atoms with E-state index in [2.05, 4.69) is 5.32 Å². The standard InChI is InChI=1S/C17H19FN2O2S/c1-11-15(16(21)19-14-7-2-3-8-14)23-17(22)20(11)10-12-5-4-6-13(18)9-12/h4-6,9,14H,2-3,7-8,10H2,1H3,(H,19,21). The molecule has 1 heterocycles. The fourth-order valence-electron chi connectivity index (χ4n) is 3.01. The Balaban J connectivity index is 1.81. The molecule has 0 atom stereocenters. The number of nitrogens with one attached hydrogen (secondary N) is 1. The van der Waals surface area contributed by atoms with E-state index in [0.29, 0.717) is 16.1 Å². The van der Waals surface area contributed by atoms with E-state index in [9.17, 15) is 14.0 Å². The first-order valence-electron chi connectivity index (χ1n) is 7.80. The lowest BCUT2D eigenvalue weighted by atomic mass is 10.2. The second-order valence-electron chi connectivity index (χ2n) is 5.95. The first-order valence-corrected chi connectivity index (χ1v) is 8.62. The second-order valence-corrected chi connectivity index (χ2v) is 6.92. The third kappa shape index (κ3) is 3.52. The topological polar surface area (TPSA) is 51.1 Å². The van der Waals surface area contributed by atoms with Crippen molar-refractivity contribution in [3.05, 3.63) is 55.9 Å². The molecule has 1 saturated carbocycles. The van der Waals surface area contributed by atoms with E-state index in [1.807, 2.05) is 0 Å². The first kappa shape index (κ1) is 15.9. The van der Waals surface area contributed by atoms with Gasteiger partial charge in [0.2, 0.25) is 0 Å². The average Bonchev–Trinajstić information content (AvgIpc) is 3.10. The van der Waals surface area contributed by atoms with E-state index in [0.717, 1.165) is 37.0 Å². The number of benzene rings is 1. The van der Waals surface area contributed by atoms with Crippen LogP contribution in [0.3, 0.4) is 0 Å². The third-order valence-electron chi connectivity index (χ3n) is 4.27. The second kappa shape index (κ2) is 6.66. The Labute approximate surface area is 138 Å². The molecular weight excluding hydrogens is 315 g/mol. The molecule has 1 N–H and O–H groups in total. The summed E-state index contributed by atoms with van der Waals surface area (Å²) in [5.41, 5.74) is 1.34. The van der Waals surface area contributed by atoms with Crippen molar-refractivity contribution < 1.29 is 9.18 Å². The molecule has 6 heteroatoms. The highest BCUT2D eigenvalue weighted by Crippen LogP contribution is 2.20. The third-order valence-corrected chi connectivity index (χ3v) is 5.35. The predicted octanol–water partition coefficient (Wildman–Crippen LogP) is 3.08. The summed E-state index contributed by atoms with van der Waals surface area (Å²) >= 11 is 0.958. The number of rotatable bonds is 4. The largest absolute Gasteiger partial charge is 0.349 e. The Hall–Kier alpha value is -1.95. The highest BCUT2D eigenvalue weighted by atomic mass is 32.1. The van der Waals surface area contributed by atoms with Crippen LogP contribution < -0.4 is 10.2 Å². The maximum Gasteiger partial charge on any atom is 0.308 e. The van der Waals surface area contributed by atoms with Gasteiger partial charge in [0, 0.05) is 11.7 Å². The smallest absolute Gasteiger partial charge is 0.308 e. The maximum absolute atomic E-state index is 13.3. The molecule has 0 bridgehead atoms. The summed E-state index contributed by atoms with van der Waals surface area (Å²) < 4.78 is 14.8. The quantitative estimate of drug-likeness (QED) is 0.934. The molecule has 0 radical (unpaired) electrons. The molecule has 23 heavy (non-hydrogen) atoms. The van der Waals surface area contributed by atoms with Crippen LogP contribution in [0.5, 0.6) is 0 Å². The summed E-state index contributed by atoms with van der Waals surface area (Å²) in [5, 5.41) is 3.01. The van der Waals surface area contributed by atoms with E-state index in [-0.39, 0.29) is 29.2 Å². The van der Waals surface area contributed by atoms with Gasteiger partial charge in [0.05, 0.1) is 6.54 Å². The molecule has 1 aromatic heterocycles. The van der Waals surface area contributed by atoms with Crippen LogP contribution in [0.2, 0.25) is 0 Å². The molecule has 1 fully saturated rings. The number of halogens is 1. The molecule has 0 aliphatic heterocycles. The van der Waals surface area contributed by atoms with E-state index < -0.39 is 0 Å². The Morgan fingerprint density at radius 2 is 2.13 bits per heavy atom. The van der Waals surface area contributed by atoms with E-state index >= 15 is 0 Å². The summed E-state index contributed by atoms with van der Waals surface area (Å²) in [4.78, 5) is 24.8. The van der Waals surface area contributed by atoms with Crippen molar-refractivity contribution >= 4 is 17.2 Å². The monoisotopic (exact) mass is 334 g/mol. The van der Waals surface area contributed by atoms with Crippen LogP contribution in [0.25, 0.3) is 0 Å². The Morgan fingerprint density at radius 3 is 2.83 bits per heavy atom. The highest BCUT2D eigenvalue weighted by molar-refractivity contribution is 7.11. The number of carbonyl (C=O) groups excluding carboxylic acids is 1. The van der Waals surface area contributed by atoms with E-state index in [1.54, 1.807) is 19.1 Å². The Morgan fingerprint density at radius 1 is 1.39 bits per heavy atom. The van der Waals surface area contributed by atoms with E-state index in [4.69, 9.17) is 0 Å². The van der Waals surface area contributed by atoms with Crippen LogP contribution in [0.4, 0.5) is 4.39 Å². The number of hydrogen-bond donors (Lipinski definition) is 1. The normalized spacial score (nSPS) is 15.0. The van der Waals surface area contributed by atoms with Crippen molar-refractivity contribution in [3.63, 3.8) is 0 Å². The van der Waals surface area contributed by atoms with Gasteiger partial charge in [-0.1, -0.05) is 36.3 Å². The van der Waals surface area contributed by atoms with Crippen LogP contribution in [0.1, 0.15) is 46.6 Å². The van der Waals surface area contributed by atoms with Gasteiger partial charge >= 0.3 is 4.87 Å². The molecule has 1 aliphatic carbocycles. The minimum atomic E-state index is -0.331. The van der Waals surface area contributed by atoms with Crippen molar-refractivity contribution in [2.45, 2.75) is 45.2 Å². The van der Waals surface area contributed by atoms with E-state index in [1.165, 1.54) is 16.7 Å². The number of hydrogen-bond acceptors (Lipinski definition) is 3. The fraction of sp³-hybridized carbons (Fsp3) is 0.412. The van der Waals surface area contributed by atoms with Gasteiger partial charge in [0.15, 0.2) is 0 Å². The highest BCUT2D eigenvalue weighted by Gasteiger charge is 2.22. The summed E-state index contributed by atoms with van der Waals surface area (Å²) in [6.07, 6.45) is 4.29. The van der Waals surface area contributed by atoms with Crippen LogP contribution >= 0.6 is 11.3 Å². The van der Waals surface area contributed by atoms with Crippen molar-refractivity contribution in [1.29, 1.82) is 0 Å². The van der Waals surface area contributed by atoms with Crippen molar-refractivity contribution in [2.75, 3.05) is 0 Å². The maximum atomic E-state index is 13.3. The molecule has 1 aliphatic rings.